The van der Waals surface area contributed by atoms with Crippen LogP contribution >= 0.6 is 11.8 Å². The number of carbonyl (C=O) groups is 1. The van der Waals surface area contributed by atoms with Crippen molar-refractivity contribution in [2.24, 2.45) is 5.84 Å². The molecule has 15 heavy (non-hydrogen) atoms. The normalized spacial score (nSPS) is 25.5. The molecule has 1 fully saturated rings. The third-order valence-corrected chi connectivity index (χ3v) is 3.48. The summed E-state index contributed by atoms with van der Waals surface area (Å²) in [5, 5.41) is 8.59. The second-order valence-corrected chi connectivity index (χ2v) is 4.63. The van der Waals surface area contributed by atoms with Gasteiger partial charge in [-0.1, -0.05) is 0 Å². The quantitative estimate of drug-likeness (QED) is 0.253. The molecule has 2 atom stereocenters. The number of ether oxygens (including phenoxy) is 1. The Kier molecular flexibility index (Phi) is 6.00. The first kappa shape index (κ1) is 12.8. The van der Waals surface area contributed by atoms with Crippen molar-refractivity contribution in [2.75, 3.05) is 18.1 Å². The summed E-state index contributed by atoms with van der Waals surface area (Å²) >= 11 is 1.75. The van der Waals surface area contributed by atoms with Crippen LogP contribution in [0, 0.1) is 0 Å². The topological polar surface area (TPSA) is 84.6 Å². The van der Waals surface area contributed by atoms with Crippen LogP contribution in [0.2, 0.25) is 0 Å². The van der Waals surface area contributed by atoms with Crippen molar-refractivity contribution < 1.29 is 14.6 Å². The van der Waals surface area contributed by atoms with Gasteiger partial charge in [-0.15, -0.1) is 0 Å². The Morgan fingerprint density at radius 2 is 2.40 bits per heavy atom. The maximum atomic E-state index is 11.1. The molecular formula is C9H18N2O3S. The first-order chi connectivity index (χ1) is 7.27. The second kappa shape index (κ2) is 7.05. The largest absolute Gasteiger partial charge is 0.396 e. The monoisotopic (exact) mass is 234 g/mol. The van der Waals surface area contributed by atoms with E-state index in [9.17, 15) is 4.79 Å². The number of aliphatic hydroxyl groups is 1. The molecule has 0 spiro atoms. The number of nitrogens with one attached hydrogen (secondary N) is 1. The van der Waals surface area contributed by atoms with E-state index in [2.05, 4.69) is 5.43 Å². The summed E-state index contributed by atoms with van der Waals surface area (Å²) in [5.41, 5.74) is 2.10. The molecule has 2 unspecified atom stereocenters. The maximum Gasteiger partial charge on any atom is 0.263 e. The predicted molar refractivity (Wildman–Crippen MR) is 59.3 cm³/mol. The van der Waals surface area contributed by atoms with E-state index in [1.165, 1.54) is 0 Å². The fourth-order valence-corrected chi connectivity index (χ4v) is 2.50. The Labute approximate surface area is 93.7 Å². The zero-order chi connectivity index (χ0) is 11.1. The van der Waals surface area contributed by atoms with Crippen LogP contribution in [-0.2, 0) is 9.53 Å². The molecule has 0 aromatic heterocycles. The number of thioether (sulfide) groups is 1. The molecule has 1 heterocycles. The van der Waals surface area contributed by atoms with E-state index in [1.54, 1.807) is 11.8 Å². The molecule has 1 rings (SSSR count). The fraction of sp³-hybridized carbons (Fsp3) is 0.889. The lowest BCUT2D eigenvalue weighted by molar-refractivity contribution is -0.131. The van der Waals surface area contributed by atoms with Crippen LogP contribution in [0.15, 0.2) is 0 Å². The highest BCUT2D eigenvalue weighted by Crippen LogP contribution is 2.22. The molecule has 1 amide bonds. The lowest BCUT2D eigenvalue weighted by Gasteiger charge is -2.11. The Morgan fingerprint density at radius 1 is 1.60 bits per heavy atom. The van der Waals surface area contributed by atoms with Gasteiger partial charge in [-0.3, -0.25) is 10.2 Å². The van der Waals surface area contributed by atoms with Gasteiger partial charge in [0.15, 0.2) is 0 Å². The summed E-state index contributed by atoms with van der Waals surface area (Å²) < 4.78 is 5.52. The van der Waals surface area contributed by atoms with E-state index in [-0.39, 0.29) is 24.7 Å². The van der Waals surface area contributed by atoms with Gasteiger partial charge >= 0.3 is 0 Å². The smallest absolute Gasteiger partial charge is 0.263 e. The molecule has 0 aromatic rings. The SMILES string of the molecule is NNC(=O)C1CCC(CSCCCO)O1. The van der Waals surface area contributed by atoms with Gasteiger partial charge in [0.05, 0.1) is 6.10 Å². The maximum absolute atomic E-state index is 11.1. The molecule has 5 nitrogen and oxygen atoms in total. The van der Waals surface area contributed by atoms with E-state index >= 15 is 0 Å². The molecule has 0 aromatic carbocycles. The predicted octanol–water partition coefficient (Wildman–Crippen LogP) is -0.360. The van der Waals surface area contributed by atoms with Gasteiger partial charge in [0.2, 0.25) is 0 Å². The van der Waals surface area contributed by atoms with Crippen LogP contribution in [-0.4, -0.2) is 41.3 Å². The minimum absolute atomic E-state index is 0.149. The zero-order valence-corrected chi connectivity index (χ0v) is 9.46. The molecule has 0 saturated carbocycles. The summed E-state index contributed by atoms with van der Waals surface area (Å²) in [6, 6.07) is 0. The van der Waals surface area contributed by atoms with Crippen LogP contribution in [0.1, 0.15) is 19.3 Å². The van der Waals surface area contributed by atoms with E-state index in [1.807, 2.05) is 0 Å². The van der Waals surface area contributed by atoms with Crippen molar-refractivity contribution in [3.8, 4) is 0 Å². The molecule has 0 radical (unpaired) electrons. The lowest BCUT2D eigenvalue weighted by atomic mass is 10.2. The van der Waals surface area contributed by atoms with Crippen molar-refractivity contribution >= 4 is 17.7 Å². The number of amides is 1. The van der Waals surface area contributed by atoms with Crippen LogP contribution in [0.3, 0.4) is 0 Å². The summed E-state index contributed by atoms with van der Waals surface area (Å²) in [4.78, 5) is 11.1. The molecule has 0 bridgehead atoms. The van der Waals surface area contributed by atoms with Gasteiger partial charge in [-0.2, -0.15) is 11.8 Å². The van der Waals surface area contributed by atoms with Crippen molar-refractivity contribution in [1.82, 2.24) is 5.43 Å². The third-order valence-electron chi connectivity index (χ3n) is 2.29. The standard InChI is InChI=1S/C9H18N2O3S/c10-11-9(13)8-3-2-7(14-8)6-15-5-1-4-12/h7-8,12H,1-6,10H2,(H,11,13). The highest BCUT2D eigenvalue weighted by atomic mass is 32.2. The van der Waals surface area contributed by atoms with Gasteiger partial charge < -0.3 is 9.84 Å². The molecule has 4 N–H and O–H groups in total. The number of rotatable bonds is 6. The molecule has 0 aliphatic carbocycles. The Balaban J connectivity index is 2.11. The van der Waals surface area contributed by atoms with Gasteiger partial charge in [0, 0.05) is 12.4 Å². The Bertz CT molecular complexity index is 204. The molecule has 1 aliphatic heterocycles. The summed E-state index contributed by atoms with van der Waals surface area (Å²) in [5.74, 6) is 6.60. The van der Waals surface area contributed by atoms with Crippen molar-refractivity contribution in [2.45, 2.75) is 31.5 Å². The molecule has 1 aliphatic rings. The number of carbonyl (C=O) groups excluding carboxylic acids is 1. The van der Waals surface area contributed by atoms with Crippen molar-refractivity contribution in [3.63, 3.8) is 0 Å². The summed E-state index contributed by atoms with van der Waals surface area (Å²) in [6.45, 7) is 0.233. The fourth-order valence-electron chi connectivity index (χ4n) is 1.50. The average molecular weight is 234 g/mol. The van der Waals surface area contributed by atoms with Crippen LogP contribution in [0.5, 0.6) is 0 Å². The first-order valence-corrected chi connectivity index (χ1v) is 6.28. The Morgan fingerprint density at radius 3 is 3.07 bits per heavy atom. The summed E-state index contributed by atoms with van der Waals surface area (Å²) in [7, 11) is 0. The number of aliphatic hydroxyl groups excluding tert-OH is 1. The average Bonchev–Trinajstić information content (AvgIpc) is 2.72. The first-order valence-electron chi connectivity index (χ1n) is 5.12. The molecular weight excluding hydrogens is 216 g/mol. The van der Waals surface area contributed by atoms with Gasteiger partial charge in [0.25, 0.3) is 5.91 Å². The van der Waals surface area contributed by atoms with Crippen LogP contribution < -0.4 is 11.3 Å². The highest BCUT2D eigenvalue weighted by molar-refractivity contribution is 7.99. The number of hydrazine groups is 1. The summed E-state index contributed by atoms with van der Waals surface area (Å²) in [6.07, 6.45) is 2.23. The van der Waals surface area contributed by atoms with E-state index in [0.717, 1.165) is 30.8 Å². The highest BCUT2D eigenvalue weighted by Gasteiger charge is 2.29. The van der Waals surface area contributed by atoms with Crippen LogP contribution in [0.4, 0.5) is 0 Å². The zero-order valence-electron chi connectivity index (χ0n) is 8.65. The van der Waals surface area contributed by atoms with E-state index < -0.39 is 0 Å². The van der Waals surface area contributed by atoms with Gasteiger partial charge in [-0.05, 0) is 25.0 Å². The minimum atomic E-state index is -0.376. The van der Waals surface area contributed by atoms with Crippen LogP contribution in [0.25, 0.3) is 0 Å². The molecule has 1 saturated heterocycles. The van der Waals surface area contributed by atoms with E-state index in [0.29, 0.717) is 0 Å². The number of hydrogen-bond acceptors (Lipinski definition) is 5. The molecule has 6 heteroatoms. The number of hydrogen-bond donors (Lipinski definition) is 3. The minimum Gasteiger partial charge on any atom is -0.396 e. The Hall–Kier alpha value is -0.300. The van der Waals surface area contributed by atoms with Crippen molar-refractivity contribution in [1.29, 1.82) is 0 Å². The van der Waals surface area contributed by atoms with Crippen molar-refractivity contribution in [3.05, 3.63) is 0 Å². The second-order valence-electron chi connectivity index (χ2n) is 3.48. The lowest BCUT2D eigenvalue weighted by Crippen LogP contribution is -2.39. The number of nitrogens with two attached hydrogens (primary N) is 1. The third kappa shape index (κ3) is 4.38. The van der Waals surface area contributed by atoms with Gasteiger partial charge in [0.1, 0.15) is 6.10 Å². The van der Waals surface area contributed by atoms with E-state index in [4.69, 9.17) is 15.7 Å². The van der Waals surface area contributed by atoms with Gasteiger partial charge in [-0.25, -0.2) is 5.84 Å². The molecule has 88 valence electrons.